The number of nitrogens with zero attached hydrogens (tertiary/aromatic N) is 2. The van der Waals surface area contributed by atoms with Crippen molar-refractivity contribution in [3.63, 3.8) is 0 Å². The van der Waals surface area contributed by atoms with Crippen molar-refractivity contribution >= 4 is 17.5 Å². The lowest BCUT2D eigenvalue weighted by Crippen LogP contribution is -2.63. The van der Waals surface area contributed by atoms with E-state index in [0.717, 1.165) is 6.07 Å². The van der Waals surface area contributed by atoms with Crippen LogP contribution in [-0.2, 0) is 4.79 Å². The maximum absolute atomic E-state index is 13.8. The van der Waals surface area contributed by atoms with Crippen molar-refractivity contribution in [3.8, 4) is 0 Å². The number of anilines is 1. The third-order valence-electron chi connectivity index (χ3n) is 3.77. The Bertz CT molecular complexity index is 616. The van der Waals surface area contributed by atoms with Gasteiger partial charge in [-0.2, -0.15) is 0 Å². The number of likely N-dealkylation sites (N-methyl/N-ethyl adjacent to an activating group) is 1. The highest BCUT2D eigenvalue weighted by Crippen LogP contribution is 2.26. The van der Waals surface area contributed by atoms with Gasteiger partial charge in [0, 0.05) is 26.2 Å². The fourth-order valence-electron chi connectivity index (χ4n) is 2.44. The Kier molecular flexibility index (Phi) is 3.61. The minimum Gasteiger partial charge on any atom is -0.396 e. The number of amides is 2. The summed E-state index contributed by atoms with van der Waals surface area (Å²) < 4.78 is 27.0. The van der Waals surface area contributed by atoms with E-state index in [1.165, 1.54) is 9.80 Å². The summed E-state index contributed by atoms with van der Waals surface area (Å²) in [6.45, 7) is 3.80. The van der Waals surface area contributed by atoms with Crippen molar-refractivity contribution < 1.29 is 18.4 Å². The molecule has 0 aliphatic carbocycles. The Balaban J connectivity index is 2.41. The van der Waals surface area contributed by atoms with Crippen LogP contribution in [0.2, 0.25) is 0 Å². The van der Waals surface area contributed by atoms with E-state index in [2.05, 4.69) is 0 Å². The van der Waals surface area contributed by atoms with Crippen LogP contribution < -0.4 is 5.73 Å². The SMILES string of the molecule is CN1CCN(C(=O)c2cc(N)c(F)cc2F)C(C)(C)C1=O. The van der Waals surface area contributed by atoms with Crippen molar-refractivity contribution in [1.29, 1.82) is 0 Å². The summed E-state index contributed by atoms with van der Waals surface area (Å²) >= 11 is 0. The Morgan fingerprint density at radius 2 is 1.86 bits per heavy atom. The van der Waals surface area contributed by atoms with E-state index in [0.29, 0.717) is 12.6 Å². The Labute approximate surface area is 121 Å². The van der Waals surface area contributed by atoms with Crippen molar-refractivity contribution in [1.82, 2.24) is 9.80 Å². The summed E-state index contributed by atoms with van der Waals surface area (Å²) in [6, 6.07) is 1.54. The van der Waals surface area contributed by atoms with Crippen molar-refractivity contribution in [2.45, 2.75) is 19.4 Å². The molecular formula is C14H17F2N3O2. The number of rotatable bonds is 1. The molecule has 1 aliphatic rings. The van der Waals surface area contributed by atoms with Gasteiger partial charge in [-0.1, -0.05) is 0 Å². The first kappa shape index (κ1) is 15.2. The predicted molar refractivity (Wildman–Crippen MR) is 73.5 cm³/mol. The minimum absolute atomic E-state index is 0.238. The molecule has 1 saturated heterocycles. The summed E-state index contributed by atoms with van der Waals surface area (Å²) in [5, 5.41) is 0. The number of benzene rings is 1. The van der Waals surface area contributed by atoms with Gasteiger partial charge in [0.1, 0.15) is 17.2 Å². The van der Waals surface area contributed by atoms with E-state index < -0.39 is 23.1 Å². The zero-order valence-corrected chi connectivity index (χ0v) is 12.1. The van der Waals surface area contributed by atoms with Crippen LogP contribution >= 0.6 is 0 Å². The first-order valence-electron chi connectivity index (χ1n) is 6.48. The average Bonchev–Trinajstić information content (AvgIpc) is 2.40. The van der Waals surface area contributed by atoms with Crippen molar-refractivity contribution in [2.75, 3.05) is 25.9 Å². The standard InChI is InChI=1S/C14H17F2N3O2/c1-14(2)13(21)18(3)4-5-19(14)12(20)8-6-11(17)10(16)7-9(8)15/h6-7H,4-5,17H2,1-3H3. The second kappa shape index (κ2) is 4.98. The first-order valence-corrected chi connectivity index (χ1v) is 6.48. The van der Waals surface area contributed by atoms with Crippen molar-refractivity contribution in [3.05, 3.63) is 29.3 Å². The zero-order valence-electron chi connectivity index (χ0n) is 12.1. The Morgan fingerprint density at radius 1 is 1.24 bits per heavy atom. The summed E-state index contributed by atoms with van der Waals surface area (Å²) in [6.07, 6.45) is 0. The molecule has 114 valence electrons. The molecule has 5 nitrogen and oxygen atoms in total. The second-order valence-corrected chi connectivity index (χ2v) is 5.60. The highest BCUT2D eigenvalue weighted by Gasteiger charge is 2.43. The average molecular weight is 297 g/mol. The smallest absolute Gasteiger partial charge is 0.257 e. The highest BCUT2D eigenvalue weighted by molar-refractivity contribution is 6.00. The topological polar surface area (TPSA) is 66.6 Å². The first-order chi connectivity index (χ1) is 9.66. The molecule has 1 aliphatic heterocycles. The molecule has 1 aromatic carbocycles. The quantitative estimate of drug-likeness (QED) is 0.793. The van der Waals surface area contributed by atoms with Crippen LogP contribution in [0.4, 0.5) is 14.5 Å². The minimum atomic E-state index is -1.10. The zero-order chi connectivity index (χ0) is 15.9. The summed E-state index contributed by atoms with van der Waals surface area (Å²) in [5.74, 6) is -2.82. The number of carbonyl (C=O) groups is 2. The van der Waals surface area contributed by atoms with Gasteiger partial charge in [0.15, 0.2) is 0 Å². The highest BCUT2D eigenvalue weighted by atomic mass is 19.1. The maximum atomic E-state index is 13.8. The van der Waals surface area contributed by atoms with Gasteiger partial charge in [-0.05, 0) is 19.9 Å². The van der Waals surface area contributed by atoms with Gasteiger partial charge in [0.2, 0.25) is 5.91 Å². The van der Waals surface area contributed by atoms with Crippen LogP contribution in [0.5, 0.6) is 0 Å². The molecule has 2 rings (SSSR count). The summed E-state index contributed by atoms with van der Waals surface area (Å²) in [4.78, 5) is 27.4. The molecule has 1 heterocycles. The monoisotopic (exact) mass is 297 g/mol. The number of nitrogen functional groups attached to an aromatic ring is 1. The summed E-state index contributed by atoms with van der Waals surface area (Å²) in [7, 11) is 1.64. The molecule has 2 N–H and O–H groups in total. The molecular weight excluding hydrogens is 280 g/mol. The molecule has 0 atom stereocenters. The molecule has 0 aromatic heterocycles. The van der Waals surface area contributed by atoms with Gasteiger partial charge in [-0.15, -0.1) is 0 Å². The molecule has 0 unspecified atom stereocenters. The van der Waals surface area contributed by atoms with Crippen LogP contribution in [0.3, 0.4) is 0 Å². The number of carbonyl (C=O) groups excluding carboxylic acids is 2. The number of halogens is 2. The number of hydrogen-bond acceptors (Lipinski definition) is 3. The van der Waals surface area contributed by atoms with Gasteiger partial charge < -0.3 is 15.5 Å². The van der Waals surface area contributed by atoms with E-state index in [-0.39, 0.29) is 23.7 Å². The predicted octanol–water partition coefficient (Wildman–Crippen LogP) is 1.24. The number of nitrogens with two attached hydrogens (primary N) is 1. The molecule has 0 spiro atoms. The molecule has 1 fully saturated rings. The molecule has 21 heavy (non-hydrogen) atoms. The lowest BCUT2D eigenvalue weighted by molar-refractivity contribution is -0.144. The van der Waals surface area contributed by atoms with Gasteiger partial charge in [0.25, 0.3) is 5.91 Å². The van der Waals surface area contributed by atoms with Crippen LogP contribution in [0.25, 0.3) is 0 Å². The van der Waals surface area contributed by atoms with Gasteiger partial charge >= 0.3 is 0 Å². The summed E-state index contributed by atoms with van der Waals surface area (Å²) in [5.41, 5.74) is 3.65. The van der Waals surface area contributed by atoms with Gasteiger partial charge in [-0.3, -0.25) is 9.59 Å². The van der Waals surface area contributed by atoms with Crippen LogP contribution in [0.1, 0.15) is 24.2 Å². The van der Waals surface area contributed by atoms with E-state index in [1.54, 1.807) is 20.9 Å². The van der Waals surface area contributed by atoms with E-state index in [9.17, 15) is 18.4 Å². The van der Waals surface area contributed by atoms with Crippen molar-refractivity contribution in [2.24, 2.45) is 0 Å². The van der Waals surface area contributed by atoms with E-state index in [4.69, 9.17) is 5.73 Å². The lowest BCUT2D eigenvalue weighted by atomic mass is 9.96. The molecule has 2 amide bonds. The lowest BCUT2D eigenvalue weighted by Gasteiger charge is -2.44. The van der Waals surface area contributed by atoms with Gasteiger partial charge in [0.05, 0.1) is 11.3 Å². The van der Waals surface area contributed by atoms with E-state index in [1.807, 2.05) is 0 Å². The largest absolute Gasteiger partial charge is 0.396 e. The fraction of sp³-hybridized carbons (Fsp3) is 0.429. The Morgan fingerprint density at radius 3 is 2.48 bits per heavy atom. The normalized spacial score (nSPS) is 18.0. The number of piperazine rings is 1. The third-order valence-corrected chi connectivity index (χ3v) is 3.77. The second-order valence-electron chi connectivity index (χ2n) is 5.60. The van der Waals surface area contributed by atoms with Crippen LogP contribution in [-0.4, -0.2) is 47.3 Å². The number of hydrogen-bond donors (Lipinski definition) is 1. The Hall–Kier alpha value is -2.18. The fourth-order valence-corrected chi connectivity index (χ4v) is 2.44. The third kappa shape index (κ3) is 2.43. The van der Waals surface area contributed by atoms with Gasteiger partial charge in [-0.25, -0.2) is 8.78 Å². The van der Waals surface area contributed by atoms with Crippen LogP contribution in [0.15, 0.2) is 12.1 Å². The van der Waals surface area contributed by atoms with E-state index >= 15 is 0 Å². The van der Waals surface area contributed by atoms with Crippen LogP contribution in [0, 0.1) is 11.6 Å². The molecule has 0 radical (unpaired) electrons. The molecule has 0 saturated carbocycles. The maximum Gasteiger partial charge on any atom is 0.257 e. The molecule has 0 bridgehead atoms. The molecule has 7 heteroatoms. The molecule has 1 aromatic rings.